The molecule has 0 bridgehead atoms. The third kappa shape index (κ3) is 4.79. The molecular formula is C23H21NO5. The number of amides is 1. The lowest BCUT2D eigenvalue weighted by Crippen LogP contribution is -2.34. The van der Waals surface area contributed by atoms with Crippen LogP contribution < -0.4 is 10.7 Å². The van der Waals surface area contributed by atoms with Crippen LogP contribution in [0.2, 0.25) is 0 Å². The van der Waals surface area contributed by atoms with Crippen molar-refractivity contribution in [3.05, 3.63) is 87.8 Å². The van der Waals surface area contributed by atoms with Gasteiger partial charge in [-0.3, -0.25) is 9.59 Å². The van der Waals surface area contributed by atoms with Crippen molar-refractivity contribution in [2.45, 2.75) is 19.9 Å². The van der Waals surface area contributed by atoms with Crippen molar-refractivity contribution >= 4 is 28.9 Å². The maximum atomic E-state index is 12.6. The molecule has 6 nitrogen and oxygen atoms in total. The molecule has 0 aliphatic carbocycles. The second-order valence-corrected chi connectivity index (χ2v) is 6.46. The van der Waals surface area contributed by atoms with E-state index in [2.05, 4.69) is 5.32 Å². The first-order valence-electron chi connectivity index (χ1n) is 9.22. The van der Waals surface area contributed by atoms with Gasteiger partial charge in [0, 0.05) is 6.08 Å². The molecule has 2 aromatic carbocycles. The molecule has 1 amide bonds. The highest BCUT2D eigenvalue weighted by molar-refractivity contribution is 5.95. The number of ether oxygens (including phenoxy) is 1. The van der Waals surface area contributed by atoms with Gasteiger partial charge in [0.2, 0.25) is 5.91 Å². The Morgan fingerprint density at radius 1 is 1.17 bits per heavy atom. The number of rotatable bonds is 6. The summed E-state index contributed by atoms with van der Waals surface area (Å²) >= 11 is 0. The van der Waals surface area contributed by atoms with Crippen LogP contribution in [0.4, 0.5) is 0 Å². The first kappa shape index (κ1) is 20.1. The molecule has 1 aromatic heterocycles. The van der Waals surface area contributed by atoms with Crippen LogP contribution in [-0.2, 0) is 14.3 Å². The van der Waals surface area contributed by atoms with Crippen LogP contribution >= 0.6 is 0 Å². The predicted molar refractivity (Wildman–Crippen MR) is 110 cm³/mol. The fourth-order valence-electron chi connectivity index (χ4n) is 2.88. The van der Waals surface area contributed by atoms with Crippen molar-refractivity contribution in [2.24, 2.45) is 0 Å². The molecule has 0 spiro atoms. The zero-order valence-corrected chi connectivity index (χ0v) is 16.2. The van der Waals surface area contributed by atoms with Gasteiger partial charge in [-0.05, 0) is 37.6 Å². The van der Waals surface area contributed by atoms with Crippen LogP contribution in [0.3, 0.4) is 0 Å². The van der Waals surface area contributed by atoms with Gasteiger partial charge in [-0.2, -0.15) is 0 Å². The van der Waals surface area contributed by atoms with E-state index >= 15 is 0 Å². The molecule has 0 saturated heterocycles. The van der Waals surface area contributed by atoms with E-state index in [4.69, 9.17) is 9.15 Å². The molecule has 148 valence electrons. The Hall–Kier alpha value is -3.67. The van der Waals surface area contributed by atoms with Crippen LogP contribution in [0.1, 0.15) is 29.7 Å². The molecule has 1 N–H and O–H groups in total. The van der Waals surface area contributed by atoms with E-state index in [1.165, 1.54) is 18.4 Å². The monoisotopic (exact) mass is 391 g/mol. The minimum Gasteiger partial charge on any atom is -0.464 e. The maximum absolute atomic E-state index is 12.6. The number of hydrogen-bond acceptors (Lipinski definition) is 5. The van der Waals surface area contributed by atoms with Crippen molar-refractivity contribution in [3.8, 4) is 0 Å². The van der Waals surface area contributed by atoms with Crippen molar-refractivity contribution in [2.75, 3.05) is 6.61 Å². The Labute approximate surface area is 167 Å². The van der Waals surface area contributed by atoms with Gasteiger partial charge in [0.15, 0.2) is 11.5 Å². The van der Waals surface area contributed by atoms with Gasteiger partial charge >= 0.3 is 5.97 Å². The summed E-state index contributed by atoms with van der Waals surface area (Å²) in [5, 5.41) is 3.07. The number of esters is 1. The highest BCUT2D eigenvalue weighted by Gasteiger charge is 2.23. The van der Waals surface area contributed by atoms with Crippen molar-refractivity contribution in [1.29, 1.82) is 0 Å². The molecule has 1 heterocycles. The van der Waals surface area contributed by atoms with E-state index in [1.54, 1.807) is 43.3 Å². The predicted octanol–water partition coefficient (Wildman–Crippen LogP) is 3.54. The maximum Gasteiger partial charge on any atom is 0.333 e. The lowest BCUT2D eigenvalue weighted by molar-refractivity contribution is -0.147. The number of carbonyl (C=O) groups is 2. The lowest BCUT2D eigenvalue weighted by atomic mass is 10.1. The number of fused-ring (bicyclic) bond motifs is 1. The van der Waals surface area contributed by atoms with Crippen molar-refractivity contribution in [3.63, 3.8) is 0 Å². The molecule has 29 heavy (non-hydrogen) atoms. The average Bonchev–Trinajstić information content (AvgIpc) is 2.72. The summed E-state index contributed by atoms with van der Waals surface area (Å²) in [6.07, 6.45) is 3.88. The van der Waals surface area contributed by atoms with Gasteiger partial charge in [0.05, 0.1) is 17.6 Å². The van der Waals surface area contributed by atoms with Gasteiger partial charge in [-0.15, -0.1) is 0 Å². The molecule has 6 heteroatoms. The third-order valence-electron chi connectivity index (χ3n) is 4.31. The molecule has 1 atom stereocenters. The molecule has 0 aliphatic rings. The normalized spacial score (nSPS) is 12.1. The number of nitrogens with one attached hydrogen (secondary N) is 1. The first-order chi connectivity index (χ1) is 14.0. The van der Waals surface area contributed by atoms with E-state index in [-0.39, 0.29) is 17.6 Å². The molecule has 0 aliphatic heterocycles. The van der Waals surface area contributed by atoms with Crippen LogP contribution in [0.5, 0.6) is 0 Å². The van der Waals surface area contributed by atoms with E-state index in [0.29, 0.717) is 16.5 Å². The van der Waals surface area contributed by atoms with E-state index < -0.39 is 17.9 Å². The molecule has 0 fully saturated rings. The minimum atomic E-state index is -0.941. The van der Waals surface area contributed by atoms with Gasteiger partial charge in [-0.25, -0.2) is 4.79 Å². The standard InChI is InChI=1S/C23H21NO5/c1-3-28-23(27)21(16-7-5-4-6-8-16)24-20(25)12-10-17-14-29-19-11-9-15(2)13-18(19)22(17)26/h4-14,21H,3H2,1-2H3,(H,24,25)/b12-10+. The zero-order valence-electron chi connectivity index (χ0n) is 16.2. The topological polar surface area (TPSA) is 85.6 Å². The number of carbonyl (C=O) groups excluding carboxylic acids is 2. The fraction of sp³-hybridized carbons (Fsp3) is 0.174. The number of benzene rings is 2. The van der Waals surface area contributed by atoms with E-state index in [9.17, 15) is 14.4 Å². The second-order valence-electron chi connectivity index (χ2n) is 6.46. The van der Waals surface area contributed by atoms with Gasteiger partial charge in [-0.1, -0.05) is 42.0 Å². The van der Waals surface area contributed by atoms with Crippen LogP contribution in [0.25, 0.3) is 17.0 Å². The third-order valence-corrected chi connectivity index (χ3v) is 4.31. The highest BCUT2D eigenvalue weighted by atomic mass is 16.5. The van der Waals surface area contributed by atoms with Crippen LogP contribution in [0, 0.1) is 6.92 Å². The summed E-state index contributed by atoms with van der Waals surface area (Å²) in [5.74, 6) is -1.09. The summed E-state index contributed by atoms with van der Waals surface area (Å²) in [6, 6.07) is 13.2. The zero-order chi connectivity index (χ0) is 20.8. The lowest BCUT2D eigenvalue weighted by Gasteiger charge is -2.16. The molecule has 1 unspecified atom stereocenters. The van der Waals surface area contributed by atoms with Gasteiger partial charge in [0.25, 0.3) is 0 Å². The Morgan fingerprint density at radius 2 is 1.93 bits per heavy atom. The number of aryl methyl sites for hydroxylation is 1. The SMILES string of the molecule is CCOC(=O)C(NC(=O)/C=C/c1coc2ccc(C)cc2c1=O)c1ccccc1. The quantitative estimate of drug-likeness (QED) is 0.513. The Bertz CT molecular complexity index is 1120. The Kier molecular flexibility index (Phi) is 6.24. The summed E-state index contributed by atoms with van der Waals surface area (Å²) in [6.45, 7) is 3.78. The van der Waals surface area contributed by atoms with Crippen LogP contribution in [-0.4, -0.2) is 18.5 Å². The van der Waals surface area contributed by atoms with E-state index in [1.807, 2.05) is 19.1 Å². The van der Waals surface area contributed by atoms with Crippen molar-refractivity contribution in [1.82, 2.24) is 5.32 Å². The Balaban J connectivity index is 1.82. The summed E-state index contributed by atoms with van der Waals surface area (Å²) in [7, 11) is 0. The number of hydrogen-bond donors (Lipinski definition) is 1. The Morgan fingerprint density at radius 3 is 2.66 bits per heavy atom. The molecule has 3 rings (SSSR count). The highest BCUT2D eigenvalue weighted by Crippen LogP contribution is 2.16. The smallest absolute Gasteiger partial charge is 0.333 e. The summed E-state index contributed by atoms with van der Waals surface area (Å²) < 4.78 is 10.5. The molecule has 0 saturated carbocycles. The second kappa shape index (κ2) is 9.01. The molecule has 3 aromatic rings. The minimum absolute atomic E-state index is 0.200. The summed E-state index contributed by atoms with van der Waals surface area (Å²) in [4.78, 5) is 37.3. The van der Waals surface area contributed by atoms with E-state index in [0.717, 1.165) is 5.56 Å². The van der Waals surface area contributed by atoms with Crippen LogP contribution in [0.15, 0.2) is 70.1 Å². The average molecular weight is 391 g/mol. The molecule has 0 radical (unpaired) electrons. The summed E-state index contributed by atoms with van der Waals surface area (Å²) in [5.41, 5.74) is 2.03. The van der Waals surface area contributed by atoms with Crippen molar-refractivity contribution < 1.29 is 18.7 Å². The van der Waals surface area contributed by atoms with Gasteiger partial charge < -0.3 is 14.5 Å². The largest absolute Gasteiger partial charge is 0.464 e. The molecular weight excluding hydrogens is 370 g/mol. The first-order valence-corrected chi connectivity index (χ1v) is 9.22. The van der Waals surface area contributed by atoms with Gasteiger partial charge in [0.1, 0.15) is 11.8 Å². The fourth-order valence-corrected chi connectivity index (χ4v) is 2.88.